The van der Waals surface area contributed by atoms with Crippen molar-refractivity contribution in [3.05, 3.63) is 95.5 Å². The summed E-state index contributed by atoms with van der Waals surface area (Å²) in [5.74, 6) is 0. The summed E-state index contributed by atoms with van der Waals surface area (Å²) in [6, 6.07) is 21.1. The van der Waals surface area contributed by atoms with Crippen molar-refractivity contribution in [1.82, 2.24) is 4.83 Å². The topological polar surface area (TPSA) is 106 Å². The van der Waals surface area contributed by atoms with E-state index < -0.39 is 19.9 Å². The Bertz CT molecular complexity index is 1660. The van der Waals surface area contributed by atoms with Crippen LogP contribution in [0.2, 0.25) is 0 Å². The van der Waals surface area contributed by atoms with E-state index in [1.165, 1.54) is 30.3 Å². The molecule has 9 heteroatoms. The number of hydrogen-bond acceptors (Lipinski definition) is 6. The highest BCUT2D eigenvalue weighted by molar-refractivity contribution is 7.91. The van der Waals surface area contributed by atoms with Crippen molar-refractivity contribution in [2.75, 3.05) is 0 Å². The van der Waals surface area contributed by atoms with Gasteiger partial charge in [-0.05, 0) is 54.3 Å². The molecule has 7 nitrogen and oxygen atoms in total. The third kappa shape index (κ3) is 5.16. The van der Waals surface area contributed by atoms with Gasteiger partial charge in [0.1, 0.15) is 10.5 Å². The van der Waals surface area contributed by atoms with E-state index in [1.54, 1.807) is 48.5 Å². The normalized spacial score (nSPS) is 13.2. The Morgan fingerprint density at radius 1 is 0.800 bits per heavy atom. The van der Waals surface area contributed by atoms with Crippen molar-refractivity contribution in [2.45, 2.75) is 47.8 Å². The van der Waals surface area contributed by atoms with Crippen LogP contribution in [0.3, 0.4) is 0 Å². The zero-order valence-electron chi connectivity index (χ0n) is 19.8. The van der Waals surface area contributed by atoms with Gasteiger partial charge in [-0.2, -0.15) is 13.2 Å². The number of fused-ring (bicyclic) bond motifs is 1. The summed E-state index contributed by atoms with van der Waals surface area (Å²) in [4.78, 5) is 1.93. The zero-order valence-corrected chi connectivity index (χ0v) is 21.4. The van der Waals surface area contributed by atoms with Gasteiger partial charge >= 0.3 is 0 Å². The van der Waals surface area contributed by atoms with Crippen molar-refractivity contribution in [3.8, 4) is 0 Å². The summed E-state index contributed by atoms with van der Waals surface area (Å²) in [5, 5.41) is 4.44. The Labute approximate surface area is 205 Å². The van der Waals surface area contributed by atoms with Gasteiger partial charge in [0.2, 0.25) is 9.84 Å². The summed E-state index contributed by atoms with van der Waals surface area (Å²) in [6.45, 7) is 7.94. The molecular weight excluding hydrogens is 484 g/mol. The summed E-state index contributed by atoms with van der Waals surface area (Å²) in [5.41, 5.74) is 1.75. The number of rotatable bonds is 5. The molecule has 4 aromatic rings. The van der Waals surface area contributed by atoms with Crippen molar-refractivity contribution in [1.29, 1.82) is 0 Å². The van der Waals surface area contributed by atoms with E-state index in [9.17, 15) is 16.8 Å². The molecule has 35 heavy (non-hydrogen) atoms. The highest BCUT2D eigenvalue weighted by Gasteiger charge is 2.23. The Kier molecular flexibility index (Phi) is 6.33. The maximum Gasteiger partial charge on any atom is 0.276 e. The largest absolute Gasteiger partial charge is 0.436 e. The molecule has 0 atom stereocenters. The van der Waals surface area contributed by atoms with Crippen molar-refractivity contribution < 1.29 is 21.3 Å². The van der Waals surface area contributed by atoms with E-state index in [4.69, 9.17) is 4.42 Å². The molecule has 0 bridgehead atoms. The smallest absolute Gasteiger partial charge is 0.276 e. The maximum atomic E-state index is 13.4. The number of aryl methyl sites for hydroxylation is 1. The molecule has 0 amide bonds. The van der Waals surface area contributed by atoms with E-state index >= 15 is 0 Å². The standard InChI is InChI=1S/C26H26N2O5S2/c1-18-9-13-21(14-10-18)34(29,30)24-17-19-7-5-6-8-23(19)33-25(24)27-28-35(31,32)22-15-11-20(12-16-22)26(2,3)4/h5-17,28H,1-4H3/b27-25-. The van der Waals surface area contributed by atoms with Gasteiger partial charge in [-0.15, -0.1) is 5.10 Å². The quantitative estimate of drug-likeness (QED) is 0.393. The van der Waals surface area contributed by atoms with Gasteiger partial charge in [-0.25, -0.2) is 8.42 Å². The fraction of sp³-hybridized carbons (Fsp3) is 0.192. The molecule has 3 aromatic carbocycles. The van der Waals surface area contributed by atoms with Crippen LogP contribution in [0.5, 0.6) is 0 Å². The van der Waals surface area contributed by atoms with E-state index in [0.717, 1.165) is 11.1 Å². The van der Waals surface area contributed by atoms with Gasteiger partial charge in [-0.1, -0.05) is 68.8 Å². The lowest BCUT2D eigenvalue weighted by Crippen LogP contribution is -2.25. The summed E-state index contributed by atoms with van der Waals surface area (Å²) >= 11 is 0. The van der Waals surface area contributed by atoms with Gasteiger partial charge in [0.25, 0.3) is 15.6 Å². The van der Waals surface area contributed by atoms with E-state index in [2.05, 4.69) is 9.93 Å². The first-order valence-corrected chi connectivity index (χ1v) is 13.9. The van der Waals surface area contributed by atoms with E-state index in [0.29, 0.717) is 11.0 Å². The first kappa shape index (κ1) is 24.7. The van der Waals surface area contributed by atoms with Gasteiger partial charge in [0.15, 0.2) is 0 Å². The lowest BCUT2D eigenvalue weighted by molar-refractivity contribution is 0.501. The number of hydrogen-bond donors (Lipinski definition) is 1. The lowest BCUT2D eigenvalue weighted by atomic mass is 9.87. The van der Waals surface area contributed by atoms with Crippen LogP contribution in [-0.2, 0) is 25.3 Å². The average molecular weight is 511 g/mol. The molecule has 1 aromatic heterocycles. The van der Waals surface area contributed by atoms with Gasteiger partial charge in [0, 0.05) is 5.39 Å². The molecule has 182 valence electrons. The van der Waals surface area contributed by atoms with Crippen LogP contribution in [0.15, 0.2) is 103 Å². The molecule has 0 aliphatic carbocycles. The fourth-order valence-electron chi connectivity index (χ4n) is 3.45. The van der Waals surface area contributed by atoms with Gasteiger partial charge < -0.3 is 4.42 Å². The second-order valence-corrected chi connectivity index (χ2v) is 12.8. The van der Waals surface area contributed by atoms with Crippen LogP contribution in [0.4, 0.5) is 0 Å². The molecule has 4 rings (SSSR count). The molecule has 0 fully saturated rings. The second-order valence-electron chi connectivity index (χ2n) is 9.25. The van der Waals surface area contributed by atoms with Crippen LogP contribution in [0.25, 0.3) is 11.0 Å². The summed E-state index contributed by atoms with van der Waals surface area (Å²) < 4.78 is 58.4. The zero-order chi connectivity index (χ0) is 25.4. The number of sulfonamides is 1. The van der Waals surface area contributed by atoms with Crippen LogP contribution < -0.4 is 10.4 Å². The highest BCUT2D eigenvalue weighted by atomic mass is 32.2. The molecule has 0 unspecified atom stereocenters. The number of benzene rings is 3. The van der Waals surface area contributed by atoms with Crippen molar-refractivity contribution in [2.24, 2.45) is 5.10 Å². The molecule has 0 radical (unpaired) electrons. The Hall–Kier alpha value is -3.43. The summed E-state index contributed by atoms with van der Waals surface area (Å²) in [6.07, 6.45) is 0. The summed E-state index contributed by atoms with van der Waals surface area (Å²) in [7, 11) is -8.13. The molecule has 0 aliphatic rings. The third-order valence-electron chi connectivity index (χ3n) is 5.54. The molecule has 1 N–H and O–H groups in total. The average Bonchev–Trinajstić information content (AvgIpc) is 2.82. The maximum absolute atomic E-state index is 13.4. The number of para-hydroxylation sites is 1. The fourth-order valence-corrected chi connectivity index (χ4v) is 5.60. The number of nitrogens with zero attached hydrogens (tertiary/aromatic N) is 1. The van der Waals surface area contributed by atoms with Crippen LogP contribution in [0, 0.1) is 6.92 Å². The van der Waals surface area contributed by atoms with E-state index in [-0.39, 0.29) is 25.7 Å². The first-order chi connectivity index (χ1) is 16.4. The predicted octanol–water partition coefficient (Wildman–Crippen LogP) is 4.67. The molecule has 1 heterocycles. The molecular formula is C26H26N2O5S2. The van der Waals surface area contributed by atoms with Crippen molar-refractivity contribution in [3.63, 3.8) is 0 Å². The highest BCUT2D eigenvalue weighted by Crippen LogP contribution is 2.24. The molecule has 0 saturated heterocycles. The van der Waals surface area contributed by atoms with Gasteiger partial charge in [0.05, 0.1) is 9.79 Å². The second kappa shape index (κ2) is 8.98. The first-order valence-electron chi connectivity index (χ1n) is 10.9. The lowest BCUT2D eigenvalue weighted by Gasteiger charge is -2.19. The SMILES string of the molecule is Cc1ccc(S(=O)(=O)c2cc3ccccc3o/c2=N\NS(=O)(=O)c2ccc(C(C)(C)C)cc2)cc1. The molecule has 0 spiro atoms. The minimum Gasteiger partial charge on any atom is -0.436 e. The number of sulfone groups is 1. The predicted molar refractivity (Wildman–Crippen MR) is 134 cm³/mol. The van der Waals surface area contributed by atoms with Crippen LogP contribution in [-0.4, -0.2) is 16.8 Å². The number of nitrogens with one attached hydrogen (secondary N) is 1. The third-order valence-corrected chi connectivity index (χ3v) is 8.53. The molecule has 0 aliphatic heterocycles. The van der Waals surface area contributed by atoms with Crippen LogP contribution >= 0.6 is 0 Å². The van der Waals surface area contributed by atoms with Crippen molar-refractivity contribution >= 4 is 30.8 Å². The Balaban J connectivity index is 1.82. The van der Waals surface area contributed by atoms with E-state index in [1.807, 2.05) is 27.7 Å². The minimum absolute atomic E-state index is 0.00187. The van der Waals surface area contributed by atoms with Gasteiger partial charge in [-0.3, -0.25) is 0 Å². The Morgan fingerprint density at radius 2 is 1.40 bits per heavy atom. The Morgan fingerprint density at radius 3 is 2.03 bits per heavy atom. The minimum atomic E-state index is -4.08. The molecule has 0 saturated carbocycles. The monoisotopic (exact) mass is 510 g/mol. The van der Waals surface area contributed by atoms with Crippen LogP contribution in [0.1, 0.15) is 31.9 Å².